The third-order valence-corrected chi connectivity index (χ3v) is 8.06. The molecule has 1 saturated carbocycles. The Kier molecular flexibility index (Phi) is 6.96. The van der Waals surface area contributed by atoms with Crippen molar-refractivity contribution in [3.63, 3.8) is 0 Å². The van der Waals surface area contributed by atoms with Crippen LogP contribution in [0.1, 0.15) is 58.3 Å². The minimum absolute atomic E-state index is 0.655. The standard InChI is InChI=1S/C27H34ClN5/c1-2-19-8-10-21(11-9-19)20-6-4-15-33(16-14-20)25-13-12-23(18-29-25)27-30-26(31-32-27)22-5-3-7-24(28)17-22/h3,5,7,12-13,17-21H,2,4,6,8-11,14-16H2,1H3,(H,30,31,32). The fourth-order valence-electron chi connectivity index (χ4n) is 5.75. The van der Waals surface area contributed by atoms with Gasteiger partial charge in [0.25, 0.3) is 0 Å². The Morgan fingerprint density at radius 2 is 1.82 bits per heavy atom. The summed E-state index contributed by atoms with van der Waals surface area (Å²) in [6, 6.07) is 11.8. The van der Waals surface area contributed by atoms with E-state index >= 15 is 0 Å². The first kappa shape index (κ1) is 22.4. The number of hydrogen-bond acceptors (Lipinski definition) is 4. The van der Waals surface area contributed by atoms with Gasteiger partial charge >= 0.3 is 0 Å². The van der Waals surface area contributed by atoms with Crippen LogP contribution in [0.5, 0.6) is 0 Å². The summed E-state index contributed by atoms with van der Waals surface area (Å²) < 4.78 is 0. The summed E-state index contributed by atoms with van der Waals surface area (Å²) in [7, 11) is 0. The molecule has 2 fully saturated rings. The molecule has 33 heavy (non-hydrogen) atoms. The minimum Gasteiger partial charge on any atom is -0.357 e. The number of aromatic nitrogens is 4. The van der Waals surface area contributed by atoms with Crippen molar-refractivity contribution in [1.82, 2.24) is 20.2 Å². The Bertz CT molecular complexity index is 1040. The van der Waals surface area contributed by atoms with E-state index in [2.05, 4.69) is 39.1 Å². The largest absolute Gasteiger partial charge is 0.357 e. The summed E-state index contributed by atoms with van der Waals surface area (Å²) in [6.07, 6.45) is 13.0. The van der Waals surface area contributed by atoms with E-state index in [0.29, 0.717) is 16.7 Å². The average molecular weight is 464 g/mol. The molecule has 1 N–H and O–H groups in total. The normalized spacial score (nSPS) is 23.9. The van der Waals surface area contributed by atoms with Gasteiger partial charge in [-0.2, -0.15) is 5.10 Å². The quantitative estimate of drug-likeness (QED) is 0.442. The predicted octanol–water partition coefficient (Wildman–Crippen LogP) is 7.01. The maximum atomic E-state index is 6.11. The van der Waals surface area contributed by atoms with Crippen LogP contribution >= 0.6 is 11.6 Å². The molecule has 6 heteroatoms. The first-order valence-corrected chi connectivity index (χ1v) is 13.0. The van der Waals surface area contributed by atoms with E-state index < -0.39 is 0 Å². The van der Waals surface area contributed by atoms with Crippen molar-refractivity contribution >= 4 is 17.4 Å². The molecule has 5 nitrogen and oxygen atoms in total. The van der Waals surface area contributed by atoms with E-state index in [4.69, 9.17) is 16.6 Å². The van der Waals surface area contributed by atoms with Crippen molar-refractivity contribution < 1.29 is 0 Å². The van der Waals surface area contributed by atoms with Gasteiger partial charge in [-0.1, -0.05) is 49.9 Å². The second-order valence-electron chi connectivity index (χ2n) is 9.79. The van der Waals surface area contributed by atoms with Gasteiger partial charge in [-0.15, -0.1) is 0 Å². The number of nitrogens with zero attached hydrogens (tertiary/aromatic N) is 4. The monoisotopic (exact) mass is 463 g/mol. The number of H-pyrrole nitrogens is 1. The molecular formula is C27H34ClN5. The highest BCUT2D eigenvalue weighted by Gasteiger charge is 2.28. The van der Waals surface area contributed by atoms with Crippen molar-refractivity contribution in [2.45, 2.75) is 58.3 Å². The number of aromatic amines is 1. The minimum atomic E-state index is 0.655. The van der Waals surface area contributed by atoms with Gasteiger partial charge in [0.05, 0.1) is 0 Å². The Hall–Kier alpha value is -2.40. The number of halogens is 1. The van der Waals surface area contributed by atoms with Gasteiger partial charge in [-0.05, 0) is 74.1 Å². The van der Waals surface area contributed by atoms with Crippen molar-refractivity contribution in [3.05, 3.63) is 47.6 Å². The van der Waals surface area contributed by atoms with E-state index in [1.54, 1.807) is 0 Å². The number of nitrogens with one attached hydrogen (secondary N) is 1. The van der Waals surface area contributed by atoms with Gasteiger partial charge < -0.3 is 4.90 Å². The van der Waals surface area contributed by atoms with E-state index in [9.17, 15) is 0 Å². The first-order valence-electron chi connectivity index (χ1n) is 12.6. The zero-order valence-corrected chi connectivity index (χ0v) is 20.3. The van der Waals surface area contributed by atoms with Crippen LogP contribution in [0.3, 0.4) is 0 Å². The molecule has 1 aliphatic carbocycles. The second kappa shape index (κ2) is 10.3. The summed E-state index contributed by atoms with van der Waals surface area (Å²) in [6.45, 7) is 4.57. The highest BCUT2D eigenvalue weighted by Crippen LogP contribution is 2.39. The first-order chi connectivity index (χ1) is 16.2. The highest BCUT2D eigenvalue weighted by atomic mass is 35.5. The molecule has 174 valence electrons. The van der Waals surface area contributed by atoms with Gasteiger partial charge in [0.1, 0.15) is 5.82 Å². The van der Waals surface area contributed by atoms with Crippen molar-refractivity contribution in [1.29, 1.82) is 0 Å². The van der Waals surface area contributed by atoms with E-state index in [1.807, 2.05) is 30.5 Å². The summed E-state index contributed by atoms with van der Waals surface area (Å²) in [5, 5.41) is 8.09. The highest BCUT2D eigenvalue weighted by molar-refractivity contribution is 6.30. The van der Waals surface area contributed by atoms with Crippen LogP contribution in [0.4, 0.5) is 5.82 Å². The molecule has 0 spiro atoms. The maximum Gasteiger partial charge on any atom is 0.183 e. The molecule has 0 radical (unpaired) electrons. The van der Waals surface area contributed by atoms with Gasteiger partial charge in [0, 0.05) is 35.4 Å². The molecule has 1 aliphatic heterocycles. The predicted molar refractivity (Wildman–Crippen MR) is 135 cm³/mol. The van der Waals surface area contributed by atoms with Gasteiger partial charge in [0.2, 0.25) is 0 Å². The third kappa shape index (κ3) is 5.24. The number of benzene rings is 1. The van der Waals surface area contributed by atoms with Crippen LogP contribution < -0.4 is 4.90 Å². The molecule has 1 saturated heterocycles. The van der Waals surface area contributed by atoms with Gasteiger partial charge in [-0.25, -0.2) is 9.97 Å². The topological polar surface area (TPSA) is 57.7 Å². The molecule has 3 aromatic rings. The molecule has 0 bridgehead atoms. The number of anilines is 1. The Balaban J connectivity index is 1.21. The zero-order valence-electron chi connectivity index (χ0n) is 19.5. The molecule has 1 atom stereocenters. The maximum absolute atomic E-state index is 6.11. The van der Waals surface area contributed by atoms with Crippen LogP contribution in [-0.4, -0.2) is 33.3 Å². The van der Waals surface area contributed by atoms with Crippen LogP contribution in [-0.2, 0) is 0 Å². The Labute approximate surface area is 202 Å². The van der Waals surface area contributed by atoms with E-state index in [0.717, 1.165) is 47.8 Å². The lowest BCUT2D eigenvalue weighted by Gasteiger charge is -2.33. The summed E-state index contributed by atoms with van der Waals surface area (Å²) in [4.78, 5) is 11.9. The van der Waals surface area contributed by atoms with Crippen molar-refractivity contribution in [2.24, 2.45) is 17.8 Å². The number of pyridine rings is 1. The summed E-state index contributed by atoms with van der Waals surface area (Å²) >= 11 is 6.11. The SMILES string of the molecule is CCC1CCC(C2CCCN(c3ccc(-c4n[nH]c(-c5cccc(Cl)c5)n4)cn3)CC2)CC1. The molecule has 2 aromatic heterocycles. The zero-order chi connectivity index (χ0) is 22.6. The number of hydrogen-bond donors (Lipinski definition) is 1. The van der Waals surface area contributed by atoms with Gasteiger partial charge in [-0.3, -0.25) is 5.10 Å². The van der Waals surface area contributed by atoms with Crippen molar-refractivity contribution in [3.8, 4) is 22.8 Å². The Morgan fingerprint density at radius 3 is 2.58 bits per heavy atom. The Morgan fingerprint density at radius 1 is 0.970 bits per heavy atom. The third-order valence-electron chi connectivity index (χ3n) is 7.82. The van der Waals surface area contributed by atoms with Crippen LogP contribution in [0.25, 0.3) is 22.8 Å². The van der Waals surface area contributed by atoms with Gasteiger partial charge in [0.15, 0.2) is 11.6 Å². The van der Waals surface area contributed by atoms with Crippen molar-refractivity contribution in [2.75, 3.05) is 18.0 Å². The lowest BCUT2D eigenvalue weighted by molar-refractivity contribution is 0.189. The summed E-state index contributed by atoms with van der Waals surface area (Å²) in [5.74, 6) is 5.26. The molecule has 1 aromatic carbocycles. The van der Waals surface area contributed by atoms with Crippen LogP contribution in [0.15, 0.2) is 42.6 Å². The van der Waals surface area contributed by atoms with Crippen LogP contribution in [0, 0.1) is 17.8 Å². The molecule has 1 unspecified atom stereocenters. The molecular weight excluding hydrogens is 430 g/mol. The molecule has 2 aliphatic rings. The second-order valence-corrected chi connectivity index (χ2v) is 10.2. The van der Waals surface area contributed by atoms with E-state index in [1.165, 1.54) is 51.4 Å². The fraction of sp³-hybridized carbons (Fsp3) is 0.519. The lowest BCUT2D eigenvalue weighted by Crippen LogP contribution is -2.26. The fourth-order valence-corrected chi connectivity index (χ4v) is 5.94. The lowest BCUT2D eigenvalue weighted by atomic mass is 9.73. The smallest absolute Gasteiger partial charge is 0.183 e. The summed E-state index contributed by atoms with van der Waals surface area (Å²) in [5.41, 5.74) is 1.84. The van der Waals surface area contributed by atoms with E-state index in [-0.39, 0.29) is 0 Å². The van der Waals surface area contributed by atoms with Crippen LogP contribution in [0.2, 0.25) is 5.02 Å². The molecule has 3 heterocycles. The number of rotatable bonds is 5. The molecule has 0 amide bonds. The molecule has 5 rings (SSSR count). The average Bonchev–Trinajstić information content (AvgIpc) is 3.23.